The summed E-state index contributed by atoms with van der Waals surface area (Å²) >= 11 is 1.43. The molecule has 0 unspecified atom stereocenters. The van der Waals surface area contributed by atoms with Gasteiger partial charge in [-0.15, -0.1) is 0 Å². The van der Waals surface area contributed by atoms with Crippen molar-refractivity contribution in [3.8, 4) is 5.75 Å². The molecule has 32 heavy (non-hydrogen) atoms. The highest BCUT2D eigenvalue weighted by Gasteiger charge is 2.39. The van der Waals surface area contributed by atoms with Gasteiger partial charge in [-0.05, 0) is 55.0 Å². The summed E-state index contributed by atoms with van der Waals surface area (Å²) in [5.41, 5.74) is 0. The molecule has 1 fully saturated rings. The smallest absolute Gasteiger partial charge is 0.243 e. The van der Waals surface area contributed by atoms with E-state index in [1.807, 2.05) is 30.3 Å². The number of methoxy groups -OCH3 is 1. The van der Waals surface area contributed by atoms with Gasteiger partial charge in [0.2, 0.25) is 10.0 Å². The predicted molar refractivity (Wildman–Crippen MR) is 122 cm³/mol. The molecule has 0 spiro atoms. The van der Waals surface area contributed by atoms with Crippen molar-refractivity contribution in [1.29, 1.82) is 0 Å². The number of nitrogens with zero attached hydrogens (tertiary/aromatic N) is 1. The first kappa shape index (κ1) is 22.9. The van der Waals surface area contributed by atoms with Crippen molar-refractivity contribution in [2.24, 2.45) is 0 Å². The fourth-order valence-electron chi connectivity index (χ4n) is 3.55. The summed E-state index contributed by atoms with van der Waals surface area (Å²) in [5, 5.41) is 0.632. The lowest BCUT2D eigenvalue weighted by Crippen LogP contribution is -2.40. The summed E-state index contributed by atoms with van der Waals surface area (Å²) in [6, 6.07) is 18.6. The van der Waals surface area contributed by atoms with Crippen LogP contribution in [-0.4, -0.2) is 45.8 Å². The molecule has 1 aromatic heterocycles. The molecule has 2 heterocycles. The lowest BCUT2D eigenvalue weighted by Gasteiger charge is -2.26. The van der Waals surface area contributed by atoms with Gasteiger partial charge in [0.25, 0.3) is 0 Å². The molecule has 1 saturated heterocycles. The van der Waals surface area contributed by atoms with Crippen molar-refractivity contribution in [1.82, 2.24) is 4.31 Å². The van der Waals surface area contributed by atoms with Gasteiger partial charge >= 0.3 is 0 Å². The number of hydrogen-bond donors (Lipinski definition) is 0. The van der Waals surface area contributed by atoms with Crippen molar-refractivity contribution >= 4 is 31.6 Å². The third-order valence-corrected chi connectivity index (χ3v) is 9.78. The molecule has 4 rings (SSSR count). The maximum absolute atomic E-state index is 13.5. The fourth-order valence-corrected chi connectivity index (χ4v) is 7.81. The van der Waals surface area contributed by atoms with E-state index in [1.165, 1.54) is 35.3 Å². The van der Waals surface area contributed by atoms with Crippen molar-refractivity contribution in [3.05, 3.63) is 72.5 Å². The molecule has 170 valence electrons. The molecule has 10 heteroatoms. The Morgan fingerprint density at radius 3 is 2.41 bits per heavy atom. The normalized spacial score (nSPS) is 18.1. The standard InChI is InChI=1S/C22H23NO6S3/c1-28-18-7-10-21(11-8-18)32(26,27)23(17-13-14-31(24,25)16-17)15-19-9-12-22(29-19)30-20-5-3-2-4-6-20/h2-12,17H,13-16H2,1H3/t17-/m0/s1. The van der Waals surface area contributed by atoms with E-state index in [-0.39, 0.29) is 29.4 Å². The summed E-state index contributed by atoms with van der Waals surface area (Å²) in [4.78, 5) is 1.08. The zero-order valence-electron chi connectivity index (χ0n) is 17.4. The average molecular weight is 494 g/mol. The van der Waals surface area contributed by atoms with Crippen LogP contribution in [0.4, 0.5) is 0 Å². The van der Waals surface area contributed by atoms with E-state index in [9.17, 15) is 16.8 Å². The maximum Gasteiger partial charge on any atom is 0.243 e. The SMILES string of the molecule is COc1ccc(S(=O)(=O)N(Cc2ccc(Sc3ccccc3)o2)[C@H]2CCS(=O)(=O)C2)cc1. The molecule has 7 nitrogen and oxygen atoms in total. The van der Waals surface area contributed by atoms with E-state index < -0.39 is 25.9 Å². The highest BCUT2D eigenvalue weighted by atomic mass is 32.2. The Hall–Kier alpha value is -2.27. The number of furan rings is 1. The van der Waals surface area contributed by atoms with E-state index in [4.69, 9.17) is 9.15 Å². The molecule has 1 atom stereocenters. The van der Waals surface area contributed by atoms with Crippen LogP contribution in [-0.2, 0) is 26.4 Å². The quantitative estimate of drug-likeness (QED) is 0.471. The summed E-state index contributed by atoms with van der Waals surface area (Å²) in [5.74, 6) is 0.756. The Morgan fingerprint density at radius 2 is 1.78 bits per heavy atom. The lowest BCUT2D eigenvalue weighted by atomic mass is 10.2. The zero-order valence-corrected chi connectivity index (χ0v) is 19.8. The number of benzene rings is 2. The van der Waals surface area contributed by atoms with Crippen LogP contribution in [0.1, 0.15) is 12.2 Å². The van der Waals surface area contributed by atoms with Crippen LogP contribution in [0.2, 0.25) is 0 Å². The van der Waals surface area contributed by atoms with Gasteiger partial charge in [-0.3, -0.25) is 0 Å². The third kappa shape index (κ3) is 5.20. The molecule has 0 N–H and O–H groups in total. The molecular formula is C22H23NO6S3. The molecule has 2 aromatic carbocycles. The van der Waals surface area contributed by atoms with E-state index >= 15 is 0 Å². The van der Waals surface area contributed by atoms with Crippen LogP contribution in [0.3, 0.4) is 0 Å². The molecule has 0 aliphatic carbocycles. The van der Waals surface area contributed by atoms with Gasteiger partial charge in [-0.1, -0.05) is 30.0 Å². The van der Waals surface area contributed by atoms with Crippen LogP contribution in [0.15, 0.2) is 86.0 Å². The van der Waals surface area contributed by atoms with Gasteiger partial charge in [0.1, 0.15) is 11.5 Å². The maximum atomic E-state index is 13.5. The molecule has 1 aliphatic rings. The number of hydrogen-bond acceptors (Lipinski definition) is 7. The van der Waals surface area contributed by atoms with Gasteiger partial charge in [-0.25, -0.2) is 16.8 Å². The van der Waals surface area contributed by atoms with Crippen molar-refractivity contribution in [3.63, 3.8) is 0 Å². The molecule has 0 radical (unpaired) electrons. The van der Waals surface area contributed by atoms with Gasteiger partial charge in [0.05, 0.1) is 30.1 Å². The minimum atomic E-state index is -3.96. The predicted octanol–water partition coefficient (Wildman–Crippen LogP) is 3.82. The summed E-state index contributed by atoms with van der Waals surface area (Å²) in [6.45, 7) is -0.0517. The van der Waals surface area contributed by atoms with Gasteiger partial charge in [0.15, 0.2) is 14.9 Å². The minimum absolute atomic E-state index is 0.0282. The van der Waals surface area contributed by atoms with E-state index in [2.05, 4.69) is 0 Å². The molecule has 0 bridgehead atoms. The monoisotopic (exact) mass is 493 g/mol. The molecule has 0 saturated carbocycles. The third-order valence-electron chi connectivity index (χ3n) is 5.19. The molecule has 1 aliphatic heterocycles. The highest BCUT2D eigenvalue weighted by molar-refractivity contribution is 7.99. The lowest BCUT2D eigenvalue weighted by molar-refractivity contribution is 0.296. The summed E-state index contributed by atoms with van der Waals surface area (Å²) < 4.78 is 63.4. The Bertz CT molecular complexity index is 1270. The van der Waals surface area contributed by atoms with Crippen molar-refractivity contribution in [2.75, 3.05) is 18.6 Å². The first-order valence-electron chi connectivity index (χ1n) is 9.95. The van der Waals surface area contributed by atoms with Gasteiger partial charge in [-0.2, -0.15) is 4.31 Å². The summed E-state index contributed by atoms with van der Waals surface area (Å²) in [7, 11) is -5.74. The van der Waals surface area contributed by atoms with Crippen LogP contribution in [0.5, 0.6) is 5.75 Å². The molecular weight excluding hydrogens is 470 g/mol. The molecule has 0 amide bonds. The second-order valence-electron chi connectivity index (χ2n) is 7.42. The number of sulfonamides is 1. The Kier molecular flexibility index (Phi) is 6.66. The zero-order chi connectivity index (χ0) is 22.8. The van der Waals surface area contributed by atoms with Gasteiger partial charge in [0, 0.05) is 10.9 Å². The number of sulfone groups is 1. The Morgan fingerprint density at radius 1 is 1.06 bits per heavy atom. The van der Waals surface area contributed by atoms with Crippen LogP contribution < -0.4 is 4.74 Å². The molecule has 3 aromatic rings. The van der Waals surface area contributed by atoms with E-state index in [0.29, 0.717) is 16.6 Å². The van der Waals surface area contributed by atoms with Crippen LogP contribution in [0, 0.1) is 0 Å². The Balaban J connectivity index is 1.61. The van der Waals surface area contributed by atoms with Crippen LogP contribution >= 0.6 is 11.8 Å². The Labute approximate surface area is 192 Å². The largest absolute Gasteiger partial charge is 0.497 e. The first-order valence-corrected chi connectivity index (χ1v) is 14.0. The van der Waals surface area contributed by atoms with Gasteiger partial charge < -0.3 is 9.15 Å². The second kappa shape index (κ2) is 9.30. The average Bonchev–Trinajstić information content (AvgIpc) is 3.38. The van der Waals surface area contributed by atoms with E-state index in [1.54, 1.807) is 24.3 Å². The van der Waals surface area contributed by atoms with Crippen molar-refractivity contribution < 1.29 is 26.0 Å². The summed E-state index contributed by atoms with van der Waals surface area (Å²) in [6.07, 6.45) is 0.254. The number of rotatable bonds is 8. The fraction of sp³-hybridized carbons (Fsp3) is 0.273. The van der Waals surface area contributed by atoms with Crippen LogP contribution in [0.25, 0.3) is 0 Å². The van der Waals surface area contributed by atoms with E-state index in [0.717, 1.165) is 4.90 Å². The first-order chi connectivity index (χ1) is 15.3. The topological polar surface area (TPSA) is 93.9 Å². The van der Waals surface area contributed by atoms with Crippen molar-refractivity contribution in [2.45, 2.75) is 33.9 Å². The number of ether oxygens (including phenoxy) is 1. The second-order valence-corrected chi connectivity index (χ2v) is 12.6. The highest BCUT2D eigenvalue weighted by Crippen LogP contribution is 2.32. The minimum Gasteiger partial charge on any atom is -0.497 e.